The Hall–Kier alpha value is -2.98. The van der Waals surface area contributed by atoms with Crippen LogP contribution in [0.15, 0.2) is 45.6 Å². The zero-order valence-electron chi connectivity index (χ0n) is 15.2. The molecule has 1 aliphatic rings. The number of carboxylic acid groups (broad SMARTS) is 1. The van der Waals surface area contributed by atoms with Crippen LogP contribution in [0.5, 0.6) is 5.75 Å². The number of aryl methyl sites for hydroxylation is 1. The highest BCUT2D eigenvalue weighted by Gasteiger charge is 2.48. The number of carboxylic acids is 1. The van der Waals surface area contributed by atoms with E-state index >= 15 is 0 Å². The minimum atomic E-state index is -1.81. The molecule has 5 atom stereocenters. The molecule has 9 heteroatoms. The van der Waals surface area contributed by atoms with E-state index in [4.69, 9.17) is 19.0 Å². The van der Waals surface area contributed by atoms with Crippen molar-refractivity contribution in [1.82, 2.24) is 0 Å². The lowest BCUT2D eigenvalue weighted by molar-refractivity contribution is -0.271. The van der Waals surface area contributed by atoms with Gasteiger partial charge in [0.25, 0.3) is 0 Å². The molecule has 1 saturated heterocycles. The summed E-state index contributed by atoms with van der Waals surface area (Å²) in [6, 6.07) is 10.0. The highest BCUT2D eigenvalue weighted by molar-refractivity contribution is 6.04. The van der Waals surface area contributed by atoms with Gasteiger partial charge in [-0.15, -0.1) is 0 Å². The summed E-state index contributed by atoms with van der Waals surface area (Å²) in [7, 11) is 0. The Labute approximate surface area is 163 Å². The lowest BCUT2D eigenvalue weighted by Gasteiger charge is -2.38. The van der Waals surface area contributed by atoms with Gasteiger partial charge in [0.05, 0.1) is 5.39 Å². The Kier molecular flexibility index (Phi) is 4.75. The second-order valence-corrected chi connectivity index (χ2v) is 6.95. The molecule has 4 rings (SSSR count). The molecule has 0 saturated carbocycles. The fraction of sp³-hybridized carbons (Fsp3) is 0.300. The van der Waals surface area contributed by atoms with Gasteiger partial charge in [0.2, 0.25) is 6.29 Å². The lowest BCUT2D eigenvalue weighted by Crippen LogP contribution is -2.61. The molecule has 0 aliphatic carbocycles. The molecule has 2 heterocycles. The van der Waals surface area contributed by atoms with E-state index in [2.05, 4.69) is 0 Å². The molecular weight excluding hydrogens is 384 g/mol. The van der Waals surface area contributed by atoms with E-state index < -0.39 is 42.3 Å². The van der Waals surface area contributed by atoms with Gasteiger partial charge >= 0.3 is 11.6 Å². The van der Waals surface area contributed by atoms with Crippen molar-refractivity contribution in [3.8, 4) is 5.75 Å². The van der Waals surface area contributed by atoms with Crippen molar-refractivity contribution in [3.63, 3.8) is 0 Å². The van der Waals surface area contributed by atoms with Crippen LogP contribution in [0.2, 0.25) is 0 Å². The van der Waals surface area contributed by atoms with Crippen molar-refractivity contribution in [3.05, 3.63) is 52.4 Å². The van der Waals surface area contributed by atoms with Crippen LogP contribution in [-0.4, -0.2) is 57.1 Å². The van der Waals surface area contributed by atoms with E-state index in [0.717, 1.165) is 5.56 Å². The largest absolute Gasteiger partial charge is 0.479 e. The van der Waals surface area contributed by atoms with Crippen LogP contribution >= 0.6 is 0 Å². The van der Waals surface area contributed by atoms with Gasteiger partial charge in [-0.05, 0) is 30.5 Å². The van der Waals surface area contributed by atoms with Crippen LogP contribution in [0.25, 0.3) is 21.7 Å². The molecule has 1 aromatic heterocycles. The molecule has 0 amide bonds. The zero-order valence-corrected chi connectivity index (χ0v) is 15.2. The third-order valence-corrected chi connectivity index (χ3v) is 4.91. The van der Waals surface area contributed by atoms with Crippen molar-refractivity contribution in [1.29, 1.82) is 0 Å². The minimum absolute atomic E-state index is 0.115. The smallest absolute Gasteiger partial charge is 0.344 e. The molecule has 0 spiro atoms. The quantitative estimate of drug-likeness (QED) is 0.364. The molecular formula is C20H18O9. The molecule has 0 unspecified atom stereocenters. The molecule has 152 valence electrons. The van der Waals surface area contributed by atoms with Gasteiger partial charge in [-0.2, -0.15) is 0 Å². The summed E-state index contributed by atoms with van der Waals surface area (Å²) >= 11 is 0. The summed E-state index contributed by atoms with van der Waals surface area (Å²) in [6.07, 6.45) is -8.61. The summed E-state index contributed by atoms with van der Waals surface area (Å²) in [5.74, 6) is -1.40. The average Bonchev–Trinajstić information content (AvgIpc) is 2.68. The Morgan fingerprint density at radius 3 is 2.41 bits per heavy atom. The number of aliphatic hydroxyl groups excluding tert-OH is 3. The Morgan fingerprint density at radius 1 is 0.966 bits per heavy atom. The second kappa shape index (κ2) is 7.12. The predicted octanol–water partition coefficient (Wildman–Crippen LogP) is 0.526. The summed E-state index contributed by atoms with van der Waals surface area (Å²) < 4.78 is 15.9. The van der Waals surface area contributed by atoms with Crippen LogP contribution < -0.4 is 10.4 Å². The van der Waals surface area contributed by atoms with Crippen molar-refractivity contribution in [2.24, 2.45) is 0 Å². The zero-order chi connectivity index (χ0) is 20.9. The molecule has 29 heavy (non-hydrogen) atoms. The Bertz CT molecular complexity index is 1150. The van der Waals surface area contributed by atoms with Crippen molar-refractivity contribution >= 4 is 27.7 Å². The first-order valence-electron chi connectivity index (χ1n) is 8.82. The summed E-state index contributed by atoms with van der Waals surface area (Å²) in [4.78, 5) is 23.5. The lowest BCUT2D eigenvalue weighted by atomic mass is 9.99. The first kappa shape index (κ1) is 19.3. The number of benzene rings is 2. The van der Waals surface area contributed by atoms with Crippen LogP contribution in [0.1, 0.15) is 5.56 Å². The van der Waals surface area contributed by atoms with Gasteiger partial charge in [0.1, 0.15) is 29.6 Å². The predicted molar refractivity (Wildman–Crippen MR) is 99.7 cm³/mol. The normalized spacial score (nSPS) is 27.2. The maximum absolute atomic E-state index is 12.3. The number of ether oxygens (including phenoxy) is 2. The average molecular weight is 402 g/mol. The highest BCUT2D eigenvalue weighted by atomic mass is 16.7. The van der Waals surface area contributed by atoms with Crippen LogP contribution in [-0.2, 0) is 9.53 Å². The number of hydrogen-bond donors (Lipinski definition) is 4. The number of hydrogen-bond acceptors (Lipinski definition) is 8. The number of aliphatic hydroxyl groups is 3. The molecule has 1 fully saturated rings. The number of aliphatic carboxylic acids is 1. The number of fused-ring (bicyclic) bond motifs is 3. The van der Waals surface area contributed by atoms with E-state index in [1.54, 1.807) is 12.1 Å². The van der Waals surface area contributed by atoms with Gasteiger partial charge in [-0.1, -0.05) is 17.7 Å². The first-order chi connectivity index (χ1) is 13.8. The molecule has 0 radical (unpaired) electrons. The van der Waals surface area contributed by atoms with Gasteiger partial charge < -0.3 is 34.3 Å². The van der Waals surface area contributed by atoms with Crippen LogP contribution in [0.4, 0.5) is 0 Å². The molecule has 1 aliphatic heterocycles. The van der Waals surface area contributed by atoms with E-state index in [1.165, 1.54) is 12.1 Å². The standard InChI is InChI=1S/C20H18O9/c1-8-2-4-10-11-5-3-9(7-13(11)28-19(26)12(10)6-8)27-20-16(23)14(21)15(22)17(29-20)18(24)25/h2-7,14-17,20-23H,1H3,(H,24,25)/t14-,15-,16+,17-,20+/m1/s1. The Morgan fingerprint density at radius 2 is 1.69 bits per heavy atom. The highest BCUT2D eigenvalue weighted by Crippen LogP contribution is 2.29. The van der Waals surface area contributed by atoms with Gasteiger partial charge in [0, 0.05) is 11.5 Å². The SMILES string of the molecule is Cc1ccc2c(c1)c(=O)oc1cc(O[C@H]3O[C@@H](C(=O)O)[C@H](O)[C@@H](O)[C@@H]3O)ccc12. The van der Waals surface area contributed by atoms with Gasteiger partial charge in [-0.25, -0.2) is 9.59 Å². The van der Waals surface area contributed by atoms with Crippen LogP contribution in [0, 0.1) is 6.92 Å². The number of carbonyl (C=O) groups is 1. The van der Waals surface area contributed by atoms with E-state index in [1.807, 2.05) is 19.1 Å². The van der Waals surface area contributed by atoms with Crippen molar-refractivity contribution < 1.29 is 39.1 Å². The molecule has 4 N–H and O–H groups in total. The fourth-order valence-electron chi connectivity index (χ4n) is 3.38. The minimum Gasteiger partial charge on any atom is -0.479 e. The topological polar surface area (TPSA) is 147 Å². The van der Waals surface area contributed by atoms with Gasteiger partial charge in [-0.3, -0.25) is 0 Å². The first-order valence-corrected chi connectivity index (χ1v) is 8.82. The third kappa shape index (κ3) is 3.34. The van der Waals surface area contributed by atoms with Crippen molar-refractivity contribution in [2.45, 2.75) is 37.6 Å². The van der Waals surface area contributed by atoms with Crippen molar-refractivity contribution in [2.75, 3.05) is 0 Å². The summed E-state index contributed by atoms with van der Waals surface area (Å²) in [5.41, 5.74) is 0.623. The van der Waals surface area contributed by atoms with E-state index in [-0.39, 0.29) is 11.3 Å². The third-order valence-electron chi connectivity index (χ3n) is 4.91. The fourth-order valence-corrected chi connectivity index (χ4v) is 3.38. The number of rotatable bonds is 3. The monoisotopic (exact) mass is 402 g/mol. The molecule has 0 bridgehead atoms. The van der Waals surface area contributed by atoms with Gasteiger partial charge in [0.15, 0.2) is 6.10 Å². The maximum Gasteiger partial charge on any atom is 0.344 e. The van der Waals surface area contributed by atoms with E-state index in [0.29, 0.717) is 16.2 Å². The van der Waals surface area contributed by atoms with Crippen LogP contribution in [0.3, 0.4) is 0 Å². The summed E-state index contributed by atoms with van der Waals surface area (Å²) in [5, 5.41) is 40.6. The second-order valence-electron chi connectivity index (χ2n) is 6.95. The molecule has 3 aromatic rings. The maximum atomic E-state index is 12.3. The van der Waals surface area contributed by atoms with E-state index in [9.17, 15) is 24.9 Å². The Balaban J connectivity index is 1.70. The summed E-state index contributed by atoms with van der Waals surface area (Å²) in [6.45, 7) is 1.87. The molecule has 9 nitrogen and oxygen atoms in total. The molecule has 2 aromatic carbocycles.